The van der Waals surface area contributed by atoms with Crippen LogP contribution in [-0.4, -0.2) is 12.1 Å². The van der Waals surface area contributed by atoms with E-state index in [1.165, 1.54) is 0 Å². The molecule has 0 spiro atoms. The van der Waals surface area contributed by atoms with Crippen molar-refractivity contribution in [3.8, 4) is 0 Å². The molecule has 3 nitrogen and oxygen atoms in total. The minimum absolute atomic E-state index is 0.112. The van der Waals surface area contributed by atoms with Crippen molar-refractivity contribution in [2.45, 2.75) is 6.42 Å². The number of thiophene rings is 1. The molecule has 0 fully saturated rings. The molecule has 0 aliphatic rings. The topological polar surface area (TPSA) is 41.5 Å². The molecule has 2 aromatic carbocycles. The predicted octanol–water partition coefficient (Wildman–Crippen LogP) is 3.59. The minimum atomic E-state index is -0.112. The smallest absolute Gasteiger partial charge is 0.244 e. The maximum atomic E-state index is 12.0. The largest absolute Gasteiger partial charge is 0.273 e. The third kappa shape index (κ3) is 3.35. The highest BCUT2D eigenvalue weighted by molar-refractivity contribution is 7.11. The Morgan fingerprint density at radius 1 is 1.10 bits per heavy atom. The fraction of sp³-hybridized carbons (Fsp3) is 0.0588. The lowest BCUT2D eigenvalue weighted by Crippen LogP contribution is -2.19. The molecular weight excluding hydrogens is 280 g/mol. The first-order chi connectivity index (χ1) is 10.3. The summed E-state index contributed by atoms with van der Waals surface area (Å²) in [4.78, 5) is 13.0. The zero-order valence-corrected chi connectivity index (χ0v) is 12.1. The summed E-state index contributed by atoms with van der Waals surface area (Å²) in [7, 11) is 0. The molecular formula is C17H14N2OS. The Labute approximate surface area is 126 Å². The molecule has 3 rings (SSSR count). The van der Waals surface area contributed by atoms with Gasteiger partial charge < -0.3 is 0 Å². The molecule has 0 aliphatic heterocycles. The lowest BCUT2D eigenvalue weighted by atomic mass is 10.0. The third-order valence-electron chi connectivity index (χ3n) is 3.16. The van der Waals surface area contributed by atoms with E-state index in [2.05, 4.69) is 10.5 Å². The van der Waals surface area contributed by atoms with Crippen molar-refractivity contribution in [1.29, 1.82) is 0 Å². The van der Waals surface area contributed by atoms with Gasteiger partial charge in [-0.05, 0) is 27.8 Å². The van der Waals surface area contributed by atoms with Gasteiger partial charge in [0.1, 0.15) is 0 Å². The number of fused-ring (bicyclic) bond motifs is 1. The van der Waals surface area contributed by atoms with E-state index in [1.807, 2.05) is 60.0 Å². The molecule has 104 valence electrons. The number of carbonyl (C=O) groups excluding carboxylic acids is 1. The highest BCUT2D eigenvalue weighted by Crippen LogP contribution is 2.18. The van der Waals surface area contributed by atoms with Crippen molar-refractivity contribution < 1.29 is 4.79 Å². The summed E-state index contributed by atoms with van der Waals surface area (Å²) in [6.45, 7) is 0. The van der Waals surface area contributed by atoms with E-state index in [0.717, 1.165) is 21.2 Å². The van der Waals surface area contributed by atoms with Crippen molar-refractivity contribution in [2.75, 3.05) is 0 Å². The number of nitrogens with one attached hydrogen (secondary N) is 1. The summed E-state index contributed by atoms with van der Waals surface area (Å²) in [5.41, 5.74) is 3.58. The molecule has 0 bridgehead atoms. The van der Waals surface area contributed by atoms with E-state index >= 15 is 0 Å². The summed E-state index contributed by atoms with van der Waals surface area (Å²) in [5, 5.41) is 8.20. The summed E-state index contributed by atoms with van der Waals surface area (Å²) in [5.74, 6) is -0.112. The second-order valence-corrected chi connectivity index (χ2v) is 5.60. The Bertz CT molecular complexity index is 773. The number of amides is 1. The number of rotatable bonds is 4. The Balaban J connectivity index is 1.69. The van der Waals surface area contributed by atoms with E-state index in [-0.39, 0.29) is 5.91 Å². The standard InChI is InChI=1S/C17H14N2OS/c20-17(19-18-12-15-8-4-10-21-15)11-14-7-3-6-13-5-1-2-9-16(13)14/h1-10,12H,11H2,(H,19,20)/b18-12+. The number of carbonyl (C=O) groups is 1. The van der Waals surface area contributed by atoms with Crippen molar-refractivity contribution in [3.63, 3.8) is 0 Å². The van der Waals surface area contributed by atoms with Gasteiger partial charge in [0.2, 0.25) is 5.91 Å². The first-order valence-corrected chi connectivity index (χ1v) is 7.53. The van der Waals surface area contributed by atoms with Crippen LogP contribution in [-0.2, 0) is 11.2 Å². The van der Waals surface area contributed by atoms with Crippen LogP contribution in [0.4, 0.5) is 0 Å². The molecule has 1 heterocycles. The van der Waals surface area contributed by atoms with E-state index in [9.17, 15) is 4.79 Å². The fourth-order valence-electron chi connectivity index (χ4n) is 2.19. The van der Waals surface area contributed by atoms with Crippen LogP contribution in [0, 0.1) is 0 Å². The molecule has 1 aromatic heterocycles. The van der Waals surface area contributed by atoms with E-state index in [4.69, 9.17) is 0 Å². The lowest BCUT2D eigenvalue weighted by Gasteiger charge is -2.05. The average molecular weight is 294 g/mol. The minimum Gasteiger partial charge on any atom is -0.273 e. The van der Waals surface area contributed by atoms with Crippen molar-refractivity contribution in [3.05, 3.63) is 70.4 Å². The first kappa shape index (κ1) is 13.5. The van der Waals surface area contributed by atoms with Gasteiger partial charge in [0, 0.05) is 4.88 Å². The molecule has 1 N–H and O–H groups in total. The normalized spacial score (nSPS) is 11.0. The van der Waals surface area contributed by atoms with Crippen molar-refractivity contribution >= 4 is 34.2 Å². The van der Waals surface area contributed by atoms with Gasteiger partial charge in [0.25, 0.3) is 0 Å². The number of benzene rings is 2. The Morgan fingerprint density at radius 3 is 2.81 bits per heavy atom. The summed E-state index contributed by atoms with van der Waals surface area (Å²) in [6.07, 6.45) is 1.98. The molecule has 3 aromatic rings. The first-order valence-electron chi connectivity index (χ1n) is 6.65. The zero-order valence-electron chi connectivity index (χ0n) is 11.3. The number of hydrazone groups is 1. The Morgan fingerprint density at radius 2 is 1.95 bits per heavy atom. The number of hydrogen-bond donors (Lipinski definition) is 1. The molecule has 0 saturated heterocycles. The van der Waals surface area contributed by atoms with Gasteiger partial charge in [-0.15, -0.1) is 11.3 Å². The molecule has 0 unspecified atom stereocenters. The second-order valence-electron chi connectivity index (χ2n) is 4.62. The van der Waals surface area contributed by atoms with Crippen LogP contribution in [0.25, 0.3) is 10.8 Å². The number of hydrogen-bond acceptors (Lipinski definition) is 3. The van der Waals surface area contributed by atoms with Crippen LogP contribution >= 0.6 is 11.3 Å². The average Bonchev–Trinajstić information content (AvgIpc) is 3.01. The summed E-state index contributed by atoms with van der Waals surface area (Å²) < 4.78 is 0. The SMILES string of the molecule is O=C(Cc1cccc2ccccc12)N/N=C/c1cccs1. The van der Waals surface area contributed by atoms with Gasteiger partial charge >= 0.3 is 0 Å². The van der Waals surface area contributed by atoms with Crippen LogP contribution in [0.5, 0.6) is 0 Å². The summed E-state index contributed by atoms with van der Waals surface area (Å²) in [6, 6.07) is 18.0. The van der Waals surface area contributed by atoms with Crippen molar-refractivity contribution in [2.24, 2.45) is 5.10 Å². The van der Waals surface area contributed by atoms with Gasteiger partial charge in [-0.2, -0.15) is 5.10 Å². The van der Waals surface area contributed by atoms with E-state index in [0.29, 0.717) is 6.42 Å². The Hall–Kier alpha value is -2.46. The van der Waals surface area contributed by atoms with Gasteiger partial charge in [-0.1, -0.05) is 48.5 Å². The van der Waals surface area contributed by atoms with Gasteiger partial charge in [-0.25, -0.2) is 5.43 Å². The Kier molecular flexibility index (Phi) is 4.07. The second kappa shape index (κ2) is 6.33. The summed E-state index contributed by atoms with van der Waals surface area (Å²) >= 11 is 1.58. The van der Waals surface area contributed by atoms with Crippen LogP contribution in [0.15, 0.2) is 65.1 Å². The molecule has 1 amide bonds. The highest BCUT2D eigenvalue weighted by Gasteiger charge is 2.05. The molecule has 0 saturated carbocycles. The monoisotopic (exact) mass is 294 g/mol. The number of nitrogens with zero attached hydrogens (tertiary/aromatic N) is 1. The molecule has 4 heteroatoms. The van der Waals surface area contributed by atoms with Crippen LogP contribution in [0.1, 0.15) is 10.4 Å². The molecule has 0 atom stereocenters. The molecule has 0 radical (unpaired) electrons. The highest BCUT2D eigenvalue weighted by atomic mass is 32.1. The van der Waals surface area contributed by atoms with Crippen LogP contribution < -0.4 is 5.43 Å². The van der Waals surface area contributed by atoms with Gasteiger partial charge in [0.15, 0.2) is 0 Å². The van der Waals surface area contributed by atoms with Crippen molar-refractivity contribution in [1.82, 2.24) is 5.43 Å². The molecule has 0 aliphatic carbocycles. The maximum Gasteiger partial charge on any atom is 0.244 e. The predicted molar refractivity (Wildman–Crippen MR) is 87.7 cm³/mol. The van der Waals surface area contributed by atoms with E-state index in [1.54, 1.807) is 17.6 Å². The quantitative estimate of drug-likeness (QED) is 0.580. The van der Waals surface area contributed by atoms with E-state index < -0.39 is 0 Å². The maximum absolute atomic E-state index is 12.0. The molecule has 21 heavy (non-hydrogen) atoms. The zero-order chi connectivity index (χ0) is 14.5. The van der Waals surface area contributed by atoms with Gasteiger partial charge in [-0.3, -0.25) is 4.79 Å². The van der Waals surface area contributed by atoms with Gasteiger partial charge in [0.05, 0.1) is 12.6 Å². The van der Waals surface area contributed by atoms with Crippen LogP contribution in [0.2, 0.25) is 0 Å². The third-order valence-corrected chi connectivity index (χ3v) is 3.96. The lowest BCUT2D eigenvalue weighted by molar-refractivity contribution is -0.120. The van der Waals surface area contributed by atoms with Crippen LogP contribution in [0.3, 0.4) is 0 Å². The fourth-order valence-corrected chi connectivity index (χ4v) is 2.78.